The van der Waals surface area contributed by atoms with E-state index < -0.39 is 0 Å². The predicted molar refractivity (Wildman–Crippen MR) is 51.5 cm³/mol. The molecule has 2 saturated carbocycles. The standard InChI is InChI=1S/C10H16N2O2/c1-12(10(14)7-2-3-7)6-9(13)11-8-4-5-8/h7-8H,2-6H2,1H3,(H,11,13). The van der Waals surface area contributed by atoms with E-state index in [1.807, 2.05) is 0 Å². The first-order valence-electron chi connectivity index (χ1n) is 5.21. The van der Waals surface area contributed by atoms with Crippen LogP contribution in [0.3, 0.4) is 0 Å². The molecule has 0 bridgehead atoms. The molecule has 0 radical (unpaired) electrons. The summed E-state index contributed by atoms with van der Waals surface area (Å²) in [5, 5.41) is 2.87. The summed E-state index contributed by atoms with van der Waals surface area (Å²) in [6.07, 6.45) is 4.17. The van der Waals surface area contributed by atoms with Gasteiger partial charge in [0.1, 0.15) is 0 Å². The van der Waals surface area contributed by atoms with Gasteiger partial charge in [-0.25, -0.2) is 0 Å². The molecule has 0 atom stereocenters. The van der Waals surface area contributed by atoms with Crippen molar-refractivity contribution >= 4 is 11.8 Å². The highest BCUT2D eigenvalue weighted by Crippen LogP contribution is 2.30. The molecule has 4 heteroatoms. The van der Waals surface area contributed by atoms with E-state index >= 15 is 0 Å². The number of hydrogen-bond donors (Lipinski definition) is 1. The van der Waals surface area contributed by atoms with Crippen LogP contribution >= 0.6 is 0 Å². The number of amides is 2. The van der Waals surface area contributed by atoms with Crippen LogP contribution in [0.1, 0.15) is 25.7 Å². The van der Waals surface area contributed by atoms with Gasteiger partial charge in [0, 0.05) is 19.0 Å². The minimum Gasteiger partial charge on any atom is -0.352 e. The second-order valence-corrected chi connectivity index (χ2v) is 4.31. The zero-order valence-corrected chi connectivity index (χ0v) is 8.45. The Morgan fingerprint density at radius 2 is 1.93 bits per heavy atom. The zero-order valence-electron chi connectivity index (χ0n) is 8.45. The number of carbonyl (C=O) groups is 2. The summed E-state index contributed by atoms with van der Waals surface area (Å²) in [6.45, 7) is 0.214. The minimum atomic E-state index is -0.0241. The van der Waals surface area contributed by atoms with Gasteiger partial charge in [0.25, 0.3) is 0 Å². The van der Waals surface area contributed by atoms with Crippen LogP contribution in [-0.4, -0.2) is 36.3 Å². The van der Waals surface area contributed by atoms with E-state index in [1.54, 1.807) is 7.05 Å². The number of rotatable bonds is 4. The molecule has 2 amide bonds. The van der Waals surface area contributed by atoms with Crippen LogP contribution in [0.15, 0.2) is 0 Å². The van der Waals surface area contributed by atoms with E-state index in [0.29, 0.717) is 6.04 Å². The van der Waals surface area contributed by atoms with Crippen molar-refractivity contribution in [2.24, 2.45) is 5.92 Å². The molecule has 2 aliphatic carbocycles. The molecular weight excluding hydrogens is 180 g/mol. The number of likely N-dealkylation sites (N-methyl/N-ethyl adjacent to an activating group) is 1. The molecule has 0 spiro atoms. The first kappa shape index (κ1) is 9.49. The van der Waals surface area contributed by atoms with Crippen molar-refractivity contribution < 1.29 is 9.59 Å². The first-order chi connectivity index (χ1) is 6.66. The quantitative estimate of drug-likeness (QED) is 0.695. The van der Waals surface area contributed by atoms with Gasteiger partial charge in [-0.05, 0) is 25.7 Å². The Kier molecular flexibility index (Phi) is 2.44. The Bertz CT molecular complexity index is 257. The topological polar surface area (TPSA) is 49.4 Å². The number of nitrogens with one attached hydrogen (secondary N) is 1. The highest BCUT2D eigenvalue weighted by Gasteiger charge is 2.33. The summed E-state index contributed by atoms with van der Waals surface area (Å²) >= 11 is 0. The molecule has 14 heavy (non-hydrogen) atoms. The van der Waals surface area contributed by atoms with Crippen molar-refractivity contribution in [3.05, 3.63) is 0 Å². The lowest BCUT2D eigenvalue weighted by atomic mass is 10.3. The average Bonchev–Trinajstić information content (AvgIpc) is 2.96. The molecule has 2 aliphatic rings. The van der Waals surface area contributed by atoms with Crippen LogP contribution < -0.4 is 5.32 Å². The Hall–Kier alpha value is -1.06. The SMILES string of the molecule is CN(CC(=O)NC1CC1)C(=O)C1CC1. The van der Waals surface area contributed by atoms with E-state index in [0.717, 1.165) is 25.7 Å². The molecule has 0 heterocycles. The van der Waals surface area contributed by atoms with Gasteiger partial charge < -0.3 is 10.2 Å². The molecule has 2 fully saturated rings. The Labute approximate surface area is 83.6 Å². The van der Waals surface area contributed by atoms with E-state index in [2.05, 4.69) is 5.32 Å². The monoisotopic (exact) mass is 196 g/mol. The summed E-state index contributed by atoms with van der Waals surface area (Å²) < 4.78 is 0. The van der Waals surface area contributed by atoms with Gasteiger partial charge in [0.15, 0.2) is 0 Å². The highest BCUT2D eigenvalue weighted by atomic mass is 16.2. The molecule has 4 nitrogen and oxygen atoms in total. The first-order valence-corrected chi connectivity index (χ1v) is 5.21. The van der Waals surface area contributed by atoms with Gasteiger partial charge in [-0.15, -0.1) is 0 Å². The van der Waals surface area contributed by atoms with Gasteiger partial charge in [0.2, 0.25) is 11.8 Å². The van der Waals surface area contributed by atoms with Gasteiger partial charge in [-0.1, -0.05) is 0 Å². The fourth-order valence-electron chi connectivity index (χ4n) is 1.44. The normalized spacial score (nSPS) is 20.4. The van der Waals surface area contributed by atoms with Crippen molar-refractivity contribution in [3.63, 3.8) is 0 Å². The zero-order chi connectivity index (χ0) is 10.1. The second-order valence-electron chi connectivity index (χ2n) is 4.31. The van der Waals surface area contributed by atoms with Crippen molar-refractivity contribution in [2.75, 3.05) is 13.6 Å². The minimum absolute atomic E-state index is 0.0241. The third kappa shape index (κ3) is 2.47. The van der Waals surface area contributed by atoms with Crippen LogP contribution in [0.4, 0.5) is 0 Å². The van der Waals surface area contributed by atoms with Gasteiger partial charge >= 0.3 is 0 Å². The molecule has 0 aliphatic heterocycles. The molecule has 0 saturated heterocycles. The van der Waals surface area contributed by atoms with Crippen LogP contribution in [0, 0.1) is 5.92 Å². The third-order valence-electron chi connectivity index (χ3n) is 2.63. The maximum atomic E-state index is 11.5. The Balaban J connectivity index is 1.71. The predicted octanol–water partition coefficient (Wildman–Crippen LogP) is 0.133. The molecule has 0 aromatic rings. The van der Waals surface area contributed by atoms with Crippen LogP contribution in [0.25, 0.3) is 0 Å². The maximum absolute atomic E-state index is 11.5. The summed E-state index contributed by atoms with van der Waals surface area (Å²) in [7, 11) is 1.70. The van der Waals surface area contributed by atoms with Gasteiger partial charge in [-0.3, -0.25) is 9.59 Å². The summed E-state index contributed by atoms with van der Waals surface area (Å²) in [6, 6.07) is 0.381. The molecule has 78 valence electrons. The second kappa shape index (κ2) is 3.59. The molecule has 1 N–H and O–H groups in total. The smallest absolute Gasteiger partial charge is 0.239 e. The van der Waals surface area contributed by atoms with Crippen LogP contribution in [0.2, 0.25) is 0 Å². The number of carbonyl (C=O) groups excluding carboxylic acids is 2. The molecule has 0 aromatic heterocycles. The fourth-order valence-corrected chi connectivity index (χ4v) is 1.44. The fraction of sp³-hybridized carbons (Fsp3) is 0.800. The van der Waals surface area contributed by atoms with Crippen molar-refractivity contribution in [1.29, 1.82) is 0 Å². The van der Waals surface area contributed by atoms with Crippen molar-refractivity contribution in [3.8, 4) is 0 Å². The van der Waals surface area contributed by atoms with E-state index in [-0.39, 0.29) is 24.3 Å². The van der Waals surface area contributed by atoms with Gasteiger partial charge in [-0.2, -0.15) is 0 Å². The summed E-state index contributed by atoms with van der Waals surface area (Å²) in [5.74, 6) is 0.300. The van der Waals surface area contributed by atoms with Gasteiger partial charge in [0.05, 0.1) is 6.54 Å². The average molecular weight is 196 g/mol. The third-order valence-corrected chi connectivity index (χ3v) is 2.63. The van der Waals surface area contributed by atoms with E-state index in [1.165, 1.54) is 4.90 Å². The molecular formula is C10H16N2O2. The highest BCUT2D eigenvalue weighted by molar-refractivity contribution is 5.87. The van der Waals surface area contributed by atoms with Crippen LogP contribution in [0.5, 0.6) is 0 Å². The lowest BCUT2D eigenvalue weighted by molar-refractivity contribution is -0.135. The lowest BCUT2D eigenvalue weighted by Gasteiger charge is -2.16. The number of hydrogen-bond acceptors (Lipinski definition) is 2. The summed E-state index contributed by atoms with van der Waals surface area (Å²) in [5.41, 5.74) is 0. The maximum Gasteiger partial charge on any atom is 0.239 e. The van der Waals surface area contributed by atoms with E-state index in [4.69, 9.17) is 0 Å². The summed E-state index contributed by atoms with van der Waals surface area (Å²) in [4.78, 5) is 24.4. The van der Waals surface area contributed by atoms with Crippen molar-refractivity contribution in [2.45, 2.75) is 31.7 Å². The molecule has 0 aromatic carbocycles. The Morgan fingerprint density at radius 1 is 1.29 bits per heavy atom. The largest absolute Gasteiger partial charge is 0.352 e. The number of nitrogens with zero attached hydrogens (tertiary/aromatic N) is 1. The van der Waals surface area contributed by atoms with Crippen LogP contribution in [-0.2, 0) is 9.59 Å². The Morgan fingerprint density at radius 3 is 2.43 bits per heavy atom. The van der Waals surface area contributed by atoms with Crippen molar-refractivity contribution in [1.82, 2.24) is 10.2 Å². The van der Waals surface area contributed by atoms with E-state index in [9.17, 15) is 9.59 Å². The lowest BCUT2D eigenvalue weighted by Crippen LogP contribution is -2.39. The molecule has 2 rings (SSSR count). The molecule has 0 unspecified atom stereocenters.